The van der Waals surface area contributed by atoms with Crippen molar-refractivity contribution < 1.29 is 4.74 Å². The third-order valence-electron chi connectivity index (χ3n) is 7.58. The maximum absolute atomic E-state index is 13.8. The highest BCUT2D eigenvalue weighted by Crippen LogP contribution is 2.33. The summed E-state index contributed by atoms with van der Waals surface area (Å²) in [5.74, 6) is 1.96. The first kappa shape index (κ1) is 26.2. The maximum Gasteiger partial charge on any atom is 0.282 e. The molecule has 11 heteroatoms. The number of nitrogens with zero attached hydrogens (tertiary/aromatic N) is 7. The van der Waals surface area contributed by atoms with Gasteiger partial charge in [-0.05, 0) is 49.7 Å². The summed E-state index contributed by atoms with van der Waals surface area (Å²) in [7, 11) is 1.67. The minimum absolute atomic E-state index is 0.136. The Bertz CT molecular complexity index is 2140. The molecule has 2 N–H and O–H groups in total. The third kappa shape index (κ3) is 4.60. The molecule has 0 amide bonds. The molecular weight excluding hydrogens is 542 g/mol. The van der Waals surface area contributed by atoms with Crippen LogP contribution in [0.5, 0.6) is 5.75 Å². The zero-order valence-corrected chi connectivity index (χ0v) is 23.9. The van der Waals surface area contributed by atoms with Crippen molar-refractivity contribution in [3.63, 3.8) is 0 Å². The monoisotopic (exact) mass is 571 g/mol. The van der Waals surface area contributed by atoms with Crippen LogP contribution in [0.1, 0.15) is 29.9 Å². The van der Waals surface area contributed by atoms with E-state index in [1.807, 2.05) is 104 Å². The molecular formula is C32H29N9O2. The molecule has 11 nitrogen and oxygen atoms in total. The molecule has 0 saturated carbocycles. The summed E-state index contributed by atoms with van der Waals surface area (Å²) in [5, 5.41) is 14.0. The summed E-state index contributed by atoms with van der Waals surface area (Å²) >= 11 is 0. The first-order valence-electron chi connectivity index (χ1n) is 13.9. The van der Waals surface area contributed by atoms with Gasteiger partial charge in [0.1, 0.15) is 29.1 Å². The summed E-state index contributed by atoms with van der Waals surface area (Å²) in [4.78, 5) is 26.1. The van der Waals surface area contributed by atoms with Crippen molar-refractivity contribution in [2.75, 3.05) is 12.4 Å². The van der Waals surface area contributed by atoms with Crippen LogP contribution >= 0.6 is 0 Å². The third-order valence-corrected chi connectivity index (χ3v) is 7.58. The number of nitrogens with one attached hydrogen (secondary N) is 2. The van der Waals surface area contributed by atoms with E-state index in [0.717, 1.165) is 39.2 Å². The van der Waals surface area contributed by atoms with Gasteiger partial charge in [0.15, 0.2) is 5.82 Å². The van der Waals surface area contributed by atoms with Crippen LogP contribution in [-0.2, 0) is 6.54 Å². The van der Waals surface area contributed by atoms with Crippen LogP contribution in [0, 0.1) is 6.92 Å². The number of aromatic amines is 1. The van der Waals surface area contributed by atoms with Gasteiger partial charge >= 0.3 is 0 Å². The number of rotatable bonds is 8. The van der Waals surface area contributed by atoms with Crippen LogP contribution < -0.4 is 15.6 Å². The lowest BCUT2D eigenvalue weighted by Gasteiger charge is -2.20. The van der Waals surface area contributed by atoms with E-state index in [0.29, 0.717) is 29.4 Å². The number of ether oxygens (including phenoxy) is 1. The number of aryl methyl sites for hydroxylation is 1. The average Bonchev–Trinajstić information content (AvgIpc) is 3.77. The Morgan fingerprint density at radius 3 is 2.63 bits per heavy atom. The largest absolute Gasteiger partial charge is 0.496 e. The Morgan fingerprint density at radius 1 is 0.977 bits per heavy atom. The first-order valence-corrected chi connectivity index (χ1v) is 13.9. The van der Waals surface area contributed by atoms with Gasteiger partial charge in [0, 0.05) is 29.7 Å². The zero-order chi connectivity index (χ0) is 29.5. The molecule has 0 unspecified atom stereocenters. The zero-order valence-electron chi connectivity index (χ0n) is 23.9. The molecule has 7 rings (SSSR count). The van der Waals surface area contributed by atoms with Gasteiger partial charge in [-0.25, -0.2) is 14.5 Å². The van der Waals surface area contributed by atoms with Crippen molar-refractivity contribution in [2.24, 2.45) is 0 Å². The van der Waals surface area contributed by atoms with Crippen molar-refractivity contribution >= 4 is 22.4 Å². The molecule has 0 radical (unpaired) electrons. The predicted octanol–water partition coefficient (Wildman–Crippen LogP) is 5.16. The number of benzene rings is 2. The van der Waals surface area contributed by atoms with Crippen molar-refractivity contribution in [1.82, 2.24) is 38.9 Å². The second kappa shape index (κ2) is 10.6. The number of anilines is 1. The number of para-hydroxylation sites is 2. The maximum atomic E-state index is 13.8. The summed E-state index contributed by atoms with van der Waals surface area (Å²) in [6, 6.07) is 20.9. The Kier molecular flexibility index (Phi) is 6.46. The summed E-state index contributed by atoms with van der Waals surface area (Å²) in [6.07, 6.45) is 7.15. The molecule has 2 aromatic carbocycles. The van der Waals surface area contributed by atoms with Crippen molar-refractivity contribution in [2.45, 2.75) is 26.4 Å². The molecule has 0 aliphatic heterocycles. The minimum Gasteiger partial charge on any atom is -0.496 e. The molecule has 0 saturated heterocycles. The van der Waals surface area contributed by atoms with E-state index in [1.54, 1.807) is 16.2 Å². The topological polar surface area (TPSA) is 120 Å². The van der Waals surface area contributed by atoms with E-state index in [1.165, 1.54) is 6.33 Å². The summed E-state index contributed by atoms with van der Waals surface area (Å²) in [6.45, 7) is 4.44. The number of methoxy groups -OCH3 is 1. The standard InChI is InChI=1S/C32H29N9O2/c1-20-13-16-40-28(20)32(42)41(23-10-5-4-6-11-23)31(38-40)21(2)36-30-27-24(17-33-29(27)34-19-35-30)25-14-15-39(37-25)18-22-9-7-8-12-26(22)43-3/h4-17,19,21H,18H2,1-3H3,(H2,33,34,35,36)/t21-/m0/s1. The van der Waals surface area contributed by atoms with E-state index < -0.39 is 6.04 Å². The van der Waals surface area contributed by atoms with Crippen LogP contribution in [0.2, 0.25) is 0 Å². The van der Waals surface area contributed by atoms with Crippen LogP contribution in [0.25, 0.3) is 33.5 Å². The van der Waals surface area contributed by atoms with Gasteiger partial charge in [-0.15, -0.1) is 0 Å². The Morgan fingerprint density at radius 2 is 1.79 bits per heavy atom. The molecule has 214 valence electrons. The summed E-state index contributed by atoms with van der Waals surface area (Å²) < 4.78 is 10.7. The second-order valence-electron chi connectivity index (χ2n) is 10.4. The number of fused-ring (bicyclic) bond motifs is 2. The minimum atomic E-state index is -0.399. The SMILES string of the molecule is COc1ccccc1Cn1ccc(-c2c[nH]c3ncnc(N[C@@H](C)c4nn5ccc(C)c5c(=O)n4-c4ccccc4)c23)n1. The lowest BCUT2D eigenvalue weighted by atomic mass is 10.1. The fourth-order valence-electron chi connectivity index (χ4n) is 5.48. The van der Waals surface area contributed by atoms with Crippen LogP contribution in [0.15, 0.2) is 96.4 Å². The average molecular weight is 572 g/mol. The molecule has 43 heavy (non-hydrogen) atoms. The highest BCUT2D eigenvalue weighted by Gasteiger charge is 2.22. The van der Waals surface area contributed by atoms with Gasteiger partial charge in [0.05, 0.1) is 36.5 Å². The molecule has 1 atom stereocenters. The molecule has 0 spiro atoms. The molecule has 5 heterocycles. The van der Waals surface area contributed by atoms with E-state index >= 15 is 0 Å². The van der Waals surface area contributed by atoms with Gasteiger partial charge in [0.2, 0.25) is 0 Å². The molecule has 0 aliphatic carbocycles. The lowest BCUT2D eigenvalue weighted by molar-refractivity contribution is 0.407. The van der Waals surface area contributed by atoms with Gasteiger partial charge in [0.25, 0.3) is 5.56 Å². The number of hydrogen-bond acceptors (Lipinski definition) is 7. The van der Waals surface area contributed by atoms with Crippen molar-refractivity contribution in [3.8, 4) is 22.7 Å². The summed E-state index contributed by atoms with van der Waals surface area (Å²) in [5.41, 5.74) is 5.35. The fraction of sp³-hybridized carbons (Fsp3) is 0.156. The van der Waals surface area contributed by atoms with Crippen molar-refractivity contribution in [1.29, 1.82) is 0 Å². The van der Waals surface area contributed by atoms with E-state index in [-0.39, 0.29) is 5.56 Å². The smallest absolute Gasteiger partial charge is 0.282 e. The second-order valence-corrected chi connectivity index (χ2v) is 10.4. The Balaban J connectivity index is 1.27. The van der Waals surface area contributed by atoms with Gasteiger partial charge in [-0.2, -0.15) is 10.2 Å². The fourth-order valence-corrected chi connectivity index (χ4v) is 5.48. The number of H-pyrrole nitrogens is 1. The van der Waals surface area contributed by atoms with E-state index in [9.17, 15) is 4.79 Å². The van der Waals surface area contributed by atoms with E-state index in [4.69, 9.17) is 14.9 Å². The number of hydrogen-bond donors (Lipinski definition) is 2. The van der Waals surface area contributed by atoms with Gasteiger partial charge in [-0.1, -0.05) is 36.4 Å². The lowest BCUT2D eigenvalue weighted by Crippen LogP contribution is -2.29. The van der Waals surface area contributed by atoms with Crippen LogP contribution in [0.4, 0.5) is 5.82 Å². The van der Waals surface area contributed by atoms with Crippen LogP contribution in [0.3, 0.4) is 0 Å². The highest BCUT2D eigenvalue weighted by molar-refractivity contribution is 6.00. The first-order chi connectivity index (χ1) is 21.0. The normalized spacial score (nSPS) is 12.2. The number of aromatic nitrogens is 8. The van der Waals surface area contributed by atoms with Crippen LogP contribution in [-0.4, -0.2) is 46.0 Å². The van der Waals surface area contributed by atoms with E-state index in [2.05, 4.69) is 20.3 Å². The van der Waals surface area contributed by atoms with Gasteiger partial charge in [-0.3, -0.25) is 14.0 Å². The molecule has 0 bridgehead atoms. The Hall–Kier alpha value is -5.71. The van der Waals surface area contributed by atoms with Crippen molar-refractivity contribution in [3.05, 3.63) is 119 Å². The van der Waals surface area contributed by atoms with Gasteiger partial charge < -0.3 is 15.0 Å². The molecule has 7 aromatic rings. The molecule has 5 aromatic heterocycles. The Labute approximate surface area is 246 Å². The predicted molar refractivity (Wildman–Crippen MR) is 165 cm³/mol. The molecule has 0 aliphatic rings. The molecule has 0 fully saturated rings. The highest BCUT2D eigenvalue weighted by atomic mass is 16.5. The quantitative estimate of drug-likeness (QED) is 0.259.